The summed E-state index contributed by atoms with van der Waals surface area (Å²) in [5, 5.41) is 14.9. The summed E-state index contributed by atoms with van der Waals surface area (Å²) in [4.78, 5) is 20.8. The zero-order valence-corrected chi connectivity index (χ0v) is 13.0. The van der Waals surface area contributed by atoms with E-state index in [1.165, 1.54) is 0 Å². The molecule has 0 saturated carbocycles. The fourth-order valence-corrected chi connectivity index (χ4v) is 2.55. The normalized spacial score (nSPS) is 11.0. The van der Waals surface area contributed by atoms with Gasteiger partial charge in [0.1, 0.15) is 5.82 Å². The van der Waals surface area contributed by atoms with Crippen molar-refractivity contribution in [2.45, 2.75) is 6.42 Å². The highest BCUT2D eigenvalue weighted by Gasteiger charge is 2.15. The Labute approximate surface area is 140 Å². The maximum Gasteiger partial charge on any atom is 0.231 e. The van der Waals surface area contributed by atoms with Gasteiger partial charge in [-0.2, -0.15) is 4.52 Å². The number of anilines is 1. The van der Waals surface area contributed by atoms with Crippen LogP contribution in [0.3, 0.4) is 0 Å². The highest BCUT2D eigenvalue weighted by Crippen LogP contribution is 2.20. The fraction of sp³-hybridized carbons (Fsp3) is 0.0667. The van der Waals surface area contributed by atoms with E-state index in [2.05, 4.69) is 30.8 Å². The molecule has 0 aliphatic carbocycles. The number of aromatic nitrogens is 6. The molecule has 0 radical (unpaired) electrons. The molecule has 0 bridgehead atoms. The van der Waals surface area contributed by atoms with Crippen LogP contribution in [0.1, 0.15) is 5.69 Å². The van der Waals surface area contributed by atoms with Crippen molar-refractivity contribution in [3.8, 4) is 0 Å². The lowest BCUT2D eigenvalue weighted by Gasteiger charge is -2.06. The second-order valence-corrected chi connectivity index (χ2v) is 5.48. The van der Waals surface area contributed by atoms with Gasteiger partial charge in [0.2, 0.25) is 11.6 Å². The van der Waals surface area contributed by atoms with E-state index < -0.39 is 0 Å². The van der Waals surface area contributed by atoms with Crippen LogP contribution < -0.4 is 5.32 Å². The summed E-state index contributed by atoms with van der Waals surface area (Å²) in [6.07, 6.45) is 1.62. The van der Waals surface area contributed by atoms with Crippen LogP contribution in [0.2, 0.25) is 5.02 Å². The number of amides is 1. The first-order valence-corrected chi connectivity index (χ1v) is 7.45. The molecule has 3 heterocycles. The van der Waals surface area contributed by atoms with Crippen molar-refractivity contribution >= 4 is 40.0 Å². The zero-order valence-electron chi connectivity index (χ0n) is 12.2. The van der Waals surface area contributed by atoms with Crippen LogP contribution in [-0.4, -0.2) is 35.9 Å². The van der Waals surface area contributed by atoms with Gasteiger partial charge in [0.05, 0.1) is 23.1 Å². The number of nitrogens with one attached hydrogen (secondary N) is 1. The predicted octanol–water partition coefficient (Wildman–Crippen LogP) is 1.90. The average molecular weight is 340 g/mol. The number of tetrazole rings is 1. The summed E-state index contributed by atoms with van der Waals surface area (Å²) >= 11 is 6.02. The van der Waals surface area contributed by atoms with Crippen LogP contribution in [0.4, 0.5) is 5.82 Å². The van der Waals surface area contributed by atoms with Gasteiger partial charge < -0.3 is 5.32 Å². The number of hydrogen-bond acceptors (Lipinski definition) is 6. The maximum atomic E-state index is 12.3. The molecule has 24 heavy (non-hydrogen) atoms. The number of pyridine rings is 1. The van der Waals surface area contributed by atoms with Gasteiger partial charge in [0, 0.05) is 11.2 Å². The molecule has 1 aromatic carbocycles. The first kappa shape index (κ1) is 14.5. The Morgan fingerprint density at radius 2 is 2.17 bits per heavy atom. The number of halogens is 1. The van der Waals surface area contributed by atoms with Gasteiger partial charge in [-0.1, -0.05) is 17.7 Å². The highest BCUT2D eigenvalue weighted by atomic mass is 35.5. The predicted molar refractivity (Wildman–Crippen MR) is 87.7 cm³/mol. The number of carbonyl (C=O) groups is 1. The zero-order chi connectivity index (χ0) is 16.5. The maximum absolute atomic E-state index is 12.3. The van der Waals surface area contributed by atoms with Gasteiger partial charge in [0.25, 0.3) is 0 Å². The van der Waals surface area contributed by atoms with E-state index in [-0.39, 0.29) is 12.3 Å². The van der Waals surface area contributed by atoms with Crippen molar-refractivity contribution in [1.82, 2.24) is 30.0 Å². The number of hydrogen-bond donors (Lipinski definition) is 1. The lowest BCUT2D eigenvalue weighted by atomic mass is 10.2. The van der Waals surface area contributed by atoms with Gasteiger partial charge >= 0.3 is 0 Å². The van der Waals surface area contributed by atoms with Crippen molar-refractivity contribution in [2.75, 3.05) is 5.32 Å². The number of benzene rings is 1. The van der Waals surface area contributed by atoms with Crippen LogP contribution in [-0.2, 0) is 11.2 Å². The third-order valence-electron chi connectivity index (χ3n) is 3.41. The lowest BCUT2D eigenvalue weighted by molar-refractivity contribution is -0.115. The van der Waals surface area contributed by atoms with E-state index in [9.17, 15) is 4.79 Å². The molecule has 8 nitrogen and oxygen atoms in total. The minimum absolute atomic E-state index is 0.0168. The van der Waals surface area contributed by atoms with Crippen LogP contribution in [0.5, 0.6) is 0 Å². The second-order valence-electron chi connectivity index (χ2n) is 5.05. The van der Waals surface area contributed by atoms with Gasteiger partial charge in [-0.25, -0.2) is 9.97 Å². The molecule has 3 aromatic heterocycles. The minimum Gasteiger partial charge on any atom is -0.310 e. The summed E-state index contributed by atoms with van der Waals surface area (Å²) in [6.45, 7) is 0. The molecule has 118 valence electrons. The lowest BCUT2D eigenvalue weighted by Crippen LogP contribution is -2.17. The van der Waals surface area contributed by atoms with E-state index in [0.717, 1.165) is 0 Å². The molecular weight excluding hydrogens is 330 g/mol. The van der Waals surface area contributed by atoms with E-state index in [1.807, 2.05) is 0 Å². The summed E-state index contributed by atoms with van der Waals surface area (Å²) in [5.74, 6) is 0.217. The molecule has 0 aliphatic heterocycles. The molecule has 1 N–H and O–H groups in total. The van der Waals surface area contributed by atoms with Crippen molar-refractivity contribution in [1.29, 1.82) is 0 Å². The average Bonchev–Trinajstić information content (AvgIpc) is 3.05. The number of rotatable bonds is 3. The molecule has 0 unspecified atom stereocenters. The molecule has 0 fully saturated rings. The summed E-state index contributed by atoms with van der Waals surface area (Å²) < 4.78 is 1.54. The quantitative estimate of drug-likeness (QED) is 0.612. The summed E-state index contributed by atoms with van der Waals surface area (Å²) in [5.41, 5.74) is 2.22. The molecule has 9 heteroatoms. The van der Waals surface area contributed by atoms with E-state index in [1.54, 1.807) is 47.1 Å². The third-order valence-corrected chi connectivity index (χ3v) is 3.64. The van der Waals surface area contributed by atoms with Gasteiger partial charge in [-0.05, 0) is 40.8 Å². The van der Waals surface area contributed by atoms with Gasteiger partial charge in [-0.15, -0.1) is 5.10 Å². The topological polar surface area (TPSA) is 98.0 Å². The van der Waals surface area contributed by atoms with Crippen LogP contribution >= 0.6 is 11.6 Å². The Balaban J connectivity index is 1.72. The highest BCUT2D eigenvalue weighted by molar-refractivity contribution is 6.31. The molecule has 4 rings (SSSR count). The molecule has 4 aromatic rings. The summed E-state index contributed by atoms with van der Waals surface area (Å²) in [7, 11) is 0. The van der Waals surface area contributed by atoms with Gasteiger partial charge in [0.15, 0.2) is 0 Å². The Hall–Kier alpha value is -3.13. The first-order chi connectivity index (χ1) is 11.7. The van der Waals surface area contributed by atoms with Crippen LogP contribution in [0, 0.1) is 0 Å². The summed E-state index contributed by atoms with van der Waals surface area (Å²) in [6, 6.07) is 10.5. The first-order valence-electron chi connectivity index (χ1n) is 7.08. The second kappa shape index (κ2) is 5.82. The Morgan fingerprint density at radius 3 is 3.00 bits per heavy atom. The van der Waals surface area contributed by atoms with Crippen molar-refractivity contribution in [3.05, 3.63) is 53.3 Å². The fourth-order valence-electron chi connectivity index (χ4n) is 2.38. The SMILES string of the molecule is O=C(Cc1nc2cc(Cl)ccc2n2nnnc12)Nc1ccccn1. The molecule has 1 amide bonds. The number of fused-ring (bicyclic) bond motifs is 3. The van der Waals surface area contributed by atoms with Crippen LogP contribution in [0.15, 0.2) is 42.6 Å². The Bertz CT molecular complexity index is 1050. The van der Waals surface area contributed by atoms with Crippen molar-refractivity contribution in [2.24, 2.45) is 0 Å². The smallest absolute Gasteiger partial charge is 0.231 e. The van der Waals surface area contributed by atoms with Crippen molar-refractivity contribution < 1.29 is 4.79 Å². The molecular formula is C15H10ClN7O. The largest absolute Gasteiger partial charge is 0.310 e. The van der Waals surface area contributed by atoms with E-state index in [0.29, 0.717) is 33.2 Å². The monoisotopic (exact) mass is 339 g/mol. The number of nitrogens with zero attached hydrogens (tertiary/aromatic N) is 6. The van der Waals surface area contributed by atoms with Crippen LogP contribution in [0.25, 0.3) is 16.7 Å². The molecule has 0 spiro atoms. The van der Waals surface area contributed by atoms with Gasteiger partial charge in [-0.3, -0.25) is 4.79 Å². The standard InChI is InChI=1S/C15H10ClN7O/c16-9-4-5-12-10(7-9)18-11(15-20-21-22-23(12)15)8-14(24)19-13-3-1-2-6-17-13/h1-7H,8H2,(H,17,19,24). The number of carbonyl (C=O) groups excluding carboxylic acids is 1. The van der Waals surface area contributed by atoms with Crippen molar-refractivity contribution in [3.63, 3.8) is 0 Å². The Morgan fingerprint density at radius 1 is 1.25 bits per heavy atom. The third kappa shape index (κ3) is 2.63. The van der Waals surface area contributed by atoms with E-state index in [4.69, 9.17) is 11.6 Å². The Kier molecular flexibility index (Phi) is 3.51. The molecule has 0 saturated heterocycles. The molecule has 0 atom stereocenters. The molecule has 0 aliphatic rings. The minimum atomic E-state index is -0.257. The van der Waals surface area contributed by atoms with E-state index >= 15 is 0 Å².